The molecule has 5 rings (SSSR count). The molecule has 1 saturated heterocycles. The Hall–Kier alpha value is -2.37. The van der Waals surface area contributed by atoms with E-state index in [1.807, 2.05) is 0 Å². The first-order valence-electron chi connectivity index (χ1n) is 10.3. The maximum Gasteiger partial charge on any atom is 0.167 e. The molecule has 3 N–H and O–H groups in total. The number of nitrogens with zero attached hydrogens (tertiary/aromatic N) is 4. The molecule has 164 valence electrons. The summed E-state index contributed by atoms with van der Waals surface area (Å²) in [6.45, 7) is -0.300. The van der Waals surface area contributed by atoms with Gasteiger partial charge < -0.3 is 25.0 Å². The lowest BCUT2D eigenvalue weighted by Gasteiger charge is -2.29. The molecule has 4 heterocycles. The van der Waals surface area contributed by atoms with E-state index in [1.54, 1.807) is 22.2 Å². The topological polar surface area (TPSA) is 115 Å². The van der Waals surface area contributed by atoms with Crippen molar-refractivity contribution < 1.29 is 19.7 Å². The molecule has 0 bridgehead atoms. The Bertz CT molecular complexity index is 1060. The molecule has 6 atom stereocenters. The number of rotatable bonds is 6. The molecule has 1 aliphatic carbocycles. The van der Waals surface area contributed by atoms with E-state index in [1.165, 1.54) is 18.3 Å². The average Bonchev–Trinajstić information content (AvgIpc) is 3.53. The number of nitrogens with one attached hydrogen (secondary N) is 1. The van der Waals surface area contributed by atoms with Crippen molar-refractivity contribution in [2.75, 3.05) is 19.0 Å². The Morgan fingerprint density at radius 3 is 2.94 bits per heavy atom. The van der Waals surface area contributed by atoms with Crippen LogP contribution < -0.4 is 5.32 Å². The summed E-state index contributed by atoms with van der Waals surface area (Å²) in [5.41, 5.74) is 1.21. The second kappa shape index (κ2) is 8.64. The van der Waals surface area contributed by atoms with Crippen LogP contribution in [0.1, 0.15) is 29.9 Å². The second-order valence-electron chi connectivity index (χ2n) is 7.80. The van der Waals surface area contributed by atoms with Crippen molar-refractivity contribution in [2.24, 2.45) is 0 Å². The number of anilines is 1. The van der Waals surface area contributed by atoms with Gasteiger partial charge >= 0.3 is 0 Å². The van der Waals surface area contributed by atoms with Crippen molar-refractivity contribution in [1.82, 2.24) is 19.5 Å². The Morgan fingerprint density at radius 1 is 1.29 bits per heavy atom. The summed E-state index contributed by atoms with van der Waals surface area (Å²) in [6, 6.07) is 4.46. The number of imidazole rings is 1. The first-order valence-corrected chi connectivity index (χ1v) is 11.2. The Labute approximate surface area is 183 Å². The highest BCUT2D eigenvalue weighted by molar-refractivity contribution is 7.10. The van der Waals surface area contributed by atoms with Gasteiger partial charge in [-0.15, -0.1) is 11.3 Å². The van der Waals surface area contributed by atoms with Gasteiger partial charge in [0.15, 0.2) is 23.2 Å². The van der Waals surface area contributed by atoms with Gasteiger partial charge in [0.05, 0.1) is 12.9 Å². The zero-order valence-corrected chi connectivity index (χ0v) is 17.9. The van der Waals surface area contributed by atoms with E-state index in [0.29, 0.717) is 22.9 Å². The number of hydrogen-bond acceptors (Lipinski definition) is 9. The highest BCUT2D eigenvalue weighted by Gasteiger charge is 2.45. The molecule has 0 saturated carbocycles. The van der Waals surface area contributed by atoms with Gasteiger partial charge in [-0.2, -0.15) is 0 Å². The molecule has 2 aliphatic rings. The van der Waals surface area contributed by atoms with Gasteiger partial charge in [0, 0.05) is 23.9 Å². The lowest BCUT2D eigenvalue weighted by atomic mass is 9.88. The van der Waals surface area contributed by atoms with Gasteiger partial charge in [-0.25, -0.2) is 15.0 Å². The zero-order valence-electron chi connectivity index (χ0n) is 17.0. The molecule has 1 aliphatic heterocycles. The number of aliphatic hydroxyl groups excluding tert-OH is 2. The highest BCUT2D eigenvalue weighted by atomic mass is 32.1. The summed E-state index contributed by atoms with van der Waals surface area (Å²) < 4.78 is 13.0. The predicted octanol–water partition coefficient (Wildman–Crippen LogP) is 2.07. The summed E-state index contributed by atoms with van der Waals surface area (Å²) in [6.07, 6.45) is 6.45. The van der Waals surface area contributed by atoms with E-state index >= 15 is 0 Å². The summed E-state index contributed by atoms with van der Waals surface area (Å²) in [5, 5.41) is 25.6. The quantitative estimate of drug-likeness (QED) is 0.496. The molecule has 31 heavy (non-hydrogen) atoms. The maximum atomic E-state index is 10.4. The lowest BCUT2D eigenvalue weighted by Crippen LogP contribution is -2.34. The minimum absolute atomic E-state index is 0.196. The molecule has 0 spiro atoms. The van der Waals surface area contributed by atoms with Crippen LogP contribution in [-0.4, -0.2) is 67.8 Å². The lowest BCUT2D eigenvalue weighted by molar-refractivity contribution is -0.0583. The molecule has 1 fully saturated rings. The van der Waals surface area contributed by atoms with E-state index in [9.17, 15) is 10.2 Å². The van der Waals surface area contributed by atoms with Gasteiger partial charge in [-0.3, -0.25) is 4.57 Å². The molecule has 3 aromatic rings. The number of thiophene rings is 1. The van der Waals surface area contributed by atoms with Crippen molar-refractivity contribution in [1.29, 1.82) is 0 Å². The number of allylic oxidation sites excluding steroid dienone is 1. The van der Waals surface area contributed by atoms with E-state index in [2.05, 4.69) is 49.9 Å². The van der Waals surface area contributed by atoms with Crippen LogP contribution in [0.2, 0.25) is 0 Å². The van der Waals surface area contributed by atoms with E-state index in [4.69, 9.17) is 9.47 Å². The monoisotopic (exact) mass is 443 g/mol. The predicted molar refractivity (Wildman–Crippen MR) is 116 cm³/mol. The normalized spacial score (nSPS) is 30.8. The molecule has 3 aromatic heterocycles. The molecule has 10 heteroatoms. The third-order valence-corrected chi connectivity index (χ3v) is 7.07. The minimum atomic E-state index is -0.947. The maximum absolute atomic E-state index is 10.4. The molecule has 0 amide bonds. The first-order chi connectivity index (χ1) is 15.2. The van der Waals surface area contributed by atoms with Crippen molar-refractivity contribution in [3.05, 3.63) is 47.2 Å². The van der Waals surface area contributed by atoms with Crippen LogP contribution in [0, 0.1) is 0 Å². The van der Waals surface area contributed by atoms with Gasteiger partial charge in [0.1, 0.15) is 24.6 Å². The standard InChI is InChI=1S/C21H25N5O4S/c1-29-18-17(28)14(9-27)30-21(18)26-11-24-16-19(22-10-23-20(16)26)25-13-6-3-2-5-12(13)15-7-4-8-31-15/h2-4,7-8,10-14,17-18,21,27-28H,5-6,9H2,1H3,(H,22,23,25)/t12?,13?,14-,17?,18?,21-/m1/s1. The fourth-order valence-corrected chi connectivity index (χ4v) is 5.36. The SMILES string of the molecule is COC1C(O)[C@@H](CO)O[C@H]1n1cnc2c(NC3CC=CCC3c3cccs3)ncnc21. The Morgan fingerprint density at radius 2 is 2.16 bits per heavy atom. The fraction of sp³-hybridized carbons (Fsp3) is 0.476. The van der Waals surface area contributed by atoms with Crippen LogP contribution in [0.3, 0.4) is 0 Å². The van der Waals surface area contributed by atoms with Gasteiger partial charge in [0.2, 0.25) is 0 Å². The summed E-state index contributed by atoms with van der Waals surface area (Å²) in [7, 11) is 1.51. The minimum Gasteiger partial charge on any atom is -0.394 e. The third-order valence-electron chi connectivity index (χ3n) is 6.06. The third kappa shape index (κ3) is 3.64. The Balaban J connectivity index is 1.45. The fourth-order valence-electron chi connectivity index (χ4n) is 4.46. The number of methoxy groups -OCH3 is 1. The van der Waals surface area contributed by atoms with Gasteiger partial charge in [-0.1, -0.05) is 18.2 Å². The van der Waals surface area contributed by atoms with Crippen LogP contribution in [0.25, 0.3) is 11.2 Å². The summed E-state index contributed by atoms with van der Waals surface area (Å²) >= 11 is 1.77. The van der Waals surface area contributed by atoms with Crippen LogP contribution in [0.5, 0.6) is 0 Å². The van der Waals surface area contributed by atoms with Crippen molar-refractivity contribution in [2.45, 2.75) is 49.3 Å². The van der Waals surface area contributed by atoms with Crippen LogP contribution >= 0.6 is 11.3 Å². The average molecular weight is 444 g/mol. The number of hydrogen-bond donors (Lipinski definition) is 3. The van der Waals surface area contributed by atoms with Crippen LogP contribution in [-0.2, 0) is 9.47 Å². The van der Waals surface area contributed by atoms with Crippen molar-refractivity contribution in [3.63, 3.8) is 0 Å². The number of aromatic nitrogens is 4. The van der Waals surface area contributed by atoms with Crippen LogP contribution in [0.4, 0.5) is 5.82 Å². The smallest absolute Gasteiger partial charge is 0.167 e. The largest absolute Gasteiger partial charge is 0.394 e. The number of ether oxygens (including phenoxy) is 2. The van der Waals surface area contributed by atoms with Crippen molar-refractivity contribution >= 4 is 28.3 Å². The number of aliphatic hydroxyl groups is 2. The molecular weight excluding hydrogens is 418 g/mol. The summed E-state index contributed by atoms with van der Waals surface area (Å²) in [4.78, 5) is 14.8. The van der Waals surface area contributed by atoms with Crippen LogP contribution in [0.15, 0.2) is 42.3 Å². The zero-order chi connectivity index (χ0) is 21.4. The summed E-state index contributed by atoms with van der Waals surface area (Å²) in [5.74, 6) is 1.03. The second-order valence-corrected chi connectivity index (χ2v) is 8.78. The highest BCUT2D eigenvalue weighted by Crippen LogP contribution is 2.36. The van der Waals surface area contributed by atoms with Crippen molar-refractivity contribution in [3.8, 4) is 0 Å². The van der Waals surface area contributed by atoms with E-state index in [-0.39, 0.29) is 12.6 Å². The van der Waals surface area contributed by atoms with E-state index < -0.39 is 24.5 Å². The molecular formula is C21H25N5O4S. The first kappa shape index (κ1) is 20.5. The molecule has 0 radical (unpaired) electrons. The van der Waals surface area contributed by atoms with E-state index in [0.717, 1.165) is 12.8 Å². The molecule has 0 aromatic carbocycles. The molecule has 9 nitrogen and oxygen atoms in total. The molecule has 4 unspecified atom stereocenters. The van der Waals surface area contributed by atoms with Gasteiger partial charge in [0.25, 0.3) is 0 Å². The van der Waals surface area contributed by atoms with Gasteiger partial charge in [-0.05, 0) is 24.3 Å². The number of fused-ring (bicyclic) bond motifs is 1. The Kier molecular flexibility index (Phi) is 5.72.